The molecule has 5 nitrogen and oxygen atoms in total. The van der Waals surface area contributed by atoms with Crippen molar-refractivity contribution in [1.82, 2.24) is 10.1 Å². The molecule has 1 rings (SSSR count). The highest BCUT2D eigenvalue weighted by Crippen LogP contribution is 2.12. The molecule has 84 valence electrons. The molecule has 0 aliphatic heterocycles. The number of nitrogens with zero attached hydrogens (tertiary/aromatic N) is 2. The third-order valence-electron chi connectivity index (χ3n) is 1.40. The van der Waals surface area contributed by atoms with Crippen LogP contribution in [0, 0.1) is 0 Å². The monoisotopic (exact) mass is 248 g/mol. The summed E-state index contributed by atoms with van der Waals surface area (Å²) in [6, 6.07) is 0. The molecule has 0 bridgehead atoms. The zero-order chi connectivity index (χ0) is 11.1. The fourth-order valence-corrected chi connectivity index (χ4v) is 1.90. The van der Waals surface area contributed by atoms with Crippen LogP contribution in [0.1, 0.15) is 18.6 Å². The Kier molecular flexibility index (Phi) is 5.56. The van der Waals surface area contributed by atoms with Crippen molar-refractivity contribution in [2.75, 3.05) is 11.5 Å². The molecule has 15 heavy (non-hydrogen) atoms. The SMILES string of the molecule is CCSCc1noc(CSCC(=O)O)n1. The molecule has 0 saturated heterocycles. The summed E-state index contributed by atoms with van der Waals surface area (Å²) in [5.41, 5.74) is 0. The van der Waals surface area contributed by atoms with Crippen LogP contribution in [0.3, 0.4) is 0 Å². The van der Waals surface area contributed by atoms with Crippen LogP contribution in [0.2, 0.25) is 0 Å². The highest BCUT2D eigenvalue weighted by Gasteiger charge is 2.06. The van der Waals surface area contributed by atoms with E-state index in [4.69, 9.17) is 9.63 Å². The molecule has 1 heterocycles. The van der Waals surface area contributed by atoms with Crippen molar-refractivity contribution in [3.63, 3.8) is 0 Å². The number of carbonyl (C=O) groups is 1. The van der Waals surface area contributed by atoms with Crippen LogP contribution in [-0.2, 0) is 16.3 Å². The third-order valence-corrected chi connectivity index (χ3v) is 3.17. The minimum Gasteiger partial charge on any atom is -0.481 e. The van der Waals surface area contributed by atoms with Gasteiger partial charge in [-0.05, 0) is 5.75 Å². The summed E-state index contributed by atoms with van der Waals surface area (Å²) in [6.07, 6.45) is 0. The second-order valence-corrected chi connectivity index (χ2v) is 4.89. The van der Waals surface area contributed by atoms with Gasteiger partial charge in [0.05, 0.1) is 17.3 Å². The van der Waals surface area contributed by atoms with Crippen LogP contribution in [0.5, 0.6) is 0 Å². The Hall–Kier alpha value is -0.690. The highest BCUT2D eigenvalue weighted by molar-refractivity contribution is 7.99. The zero-order valence-electron chi connectivity index (χ0n) is 8.30. The number of hydrogen-bond acceptors (Lipinski definition) is 6. The molecule has 0 aliphatic carbocycles. The van der Waals surface area contributed by atoms with E-state index in [0.717, 1.165) is 11.5 Å². The first-order chi connectivity index (χ1) is 7.22. The van der Waals surface area contributed by atoms with Crippen molar-refractivity contribution in [3.8, 4) is 0 Å². The van der Waals surface area contributed by atoms with E-state index >= 15 is 0 Å². The van der Waals surface area contributed by atoms with E-state index < -0.39 is 5.97 Å². The number of aliphatic carboxylic acids is 1. The van der Waals surface area contributed by atoms with Crippen LogP contribution >= 0.6 is 23.5 Å². The van der Waals surface area contributed by atoms with Crippen LogP contribution in [0.4, 0.5) is 0 Å². The maximum Gasteiger partial charge on any atom is 0.313 e. The van der Waals surface area contributed by atoms with Gasteiger partial charge in [-0.1, -0.05) is 12.1 Å². The van der Waals surface area contributed by atoms with Crippen LogP contribution in [0.25, 0.3) is 0 Å². The molecule has 1 N–H and O–H groups in total. The van der Waals surface area contributed by atoms with Crippen molar-refractivity contribution in [3.05, 3.63) is 11.7 Å². The summed E-state index contributed by atoms with van der Waals surface area (Å²) in [4.78, 5) is 14.4. The van der Waals surface area contributed by atoms with E-state index in [1.165, 1.54) is 11.8 Å². The van der Waals surface area contributed by atoms with Gasteiger partial charge in [-0.15, -0.1) is 11.8 Å². The molecule has 0 amide bonds. The van der Waals surface area contributed by atoms with Crippen molar-refractivity contribution in [1.29, 1.82) is 0 Å². The number of hydrogen-bond donors (Lipinski definition) is 1. The van der Waals surface area contributed by atoms with Crippen molar-refractivity contribution in [2.45, 2.75) is 18.4 Å². The first kappa shape index (κ1) is 12.4. The topological polar surface area (TPSA) is 76.2 Å². The highest BCUT2D eigenvalue weighted by atomic mass is 32.2. The minimum atomic E-state index is -0.832. The van der Waals surface area contributed by atoms with Crippen LogP contribution in [0.15, 0.2) is 4.52 Å². The Labute approximate surface area is 96.0 Å². The van der Waals surface area contributed by atoms with Crippen molar-refractivity contribution < 1.29 is 14.4 Å². The first-order valence-electron chi connectivity index (χ1n) is 4.41. The third kappa shape index (κ3) is 5.08. The van der Waals surface area contributed by atoms with E-state index in [0.29, 0.717) is 17.5 Å². The Morgan fingerprint density at radius 2 is 2.27 bits per heavy atom. The normalized spacial score (nSPS) is 10.5. The first-order valence-corrected chi connectivity index (χ1v) is 6.72. The molecule has 0 atom stereocenters. The van der Waals surface area contributed by atoms with Gasteiger partial charge in [0.15, 0.2) is 5.82 Å². The Bertz CT molecular complexity index is 317. The van der Waals surface area contributed by atoms with Gasteiger partial charge < -0.3 is 9.63 Å². The molecule has 1 aromatic rings. The Balaban J connectivity index is 2.29. The number of rotatable bonds is 7. The lowest BCUT2D eigenvalue weighted by atomic mass is 10.7. The van der Waals surface area contributed by atoms with Crippen LogP contribution < -0.4 is 0 Å². The van der Waals surface area contributed by atoms with Gasteiger partial charge in [-0.25, -0.2) is 0 Å². The maximum absolute atomic E-state index is 10.2. The quantitative estimate of drug-likeness (QED) is 0.786. The summed E-state index contributed by atoms with van der Waals surface area (Å²) in [7, 11) is 0. The molecule has 0 unspecified atom stereocenters. The molecule has 0 spiro atoms. The lowest BCUT2D eigenvalue weighted by Gasteiger charge is -1.91. The molecule has 0 aromatic carbocycles. The van der Waals surface area contributed by atoms with Gasteiger partial charge in [0.25, 0.3) is 0 Å². The van der Waals surface area contributed by atoms with Crippen LogP contribution in [-0.4, -0.2) is 32.7 Å². The summed E-state index contributed by atoms with van der Waals surface area (Å²) in [5, 5.41) is 12.2. The Morgan fingerprint density at radius 1 is 1.47 bits per heavy atom. The second-order valence-electron chi connectivity index (χ2n) is 2.63. The van der Waals surface area contributed by atoms with E-state index in [2.05, 4.69) is 17.1 Å². The predicted octanol–water partition coefficient (Wildman–Crippen LogP) is 1.64. The van der Waals surface area contributed by atoms with Crippen molar-refractivity contribution in [2.24, 2.45) is 0 Å². The summed E-state index contributed by atoms with van der Waals surface area (Å²) < 4.78 is 4.96. The van der Waals surface area contributed by atoms with E-state index in [9.17, 15) is 4.79 Å². The Morgan fingerprint density at radius 3 is 2.93 bits per heavy atom. The minimum absolute atomic E-state index is 0.0570. The van der Waals surface area contributed by atoms with Crippen molar-refractivity contribution >= 4 is 29.5 Å². The summed E-state index contributed by atoms with van der Waals surface area (Å²) >= 11 is 2.97. The molecule has 0 aliphatic rings. The largest absolute Gasteiger partial charge is 0.481 e. The fourth-order valence-electron chi connectivity index (χ4n) is 0.826. The van der Waals surface area contributed by atoms with Gasteiger partial charge >= 0.3 is 5.97 Å². The standard InChI is InChI=1S/C8H12N2O3S2/c1-2-14-3-6-9-7(13-10-6)4-15-5-8(11)12/h2-5H2,1H3,(H,11,12). The average Bonchev–Trinajstić information content (AvgIpc) is 2.62. The number of aromatic nitrogens is 2. The molecule has 0 radical (unpaired) electrons. The number of carboxylic acid groups (broad SMARTS) is 1. The maximum atomic E-state index is 10.2. The van der Waals surface area contributed by atoms with Gasteiger partial charge in [0, 0.05) is 0 Å². The van der Waals surface area contributed by atoms with Gasteiger partial charge in [-0.3, -0.25) is 4.79 Å². The molecule has 0 fully saturated rings. The van der Waals surface area contributed by atoms with E-state index in [-0.39, 0.29) is 5.75 Å². The lowest BCUT2D eigenvalue weighted by molar-refractivity contribution is -0.133. The molecular weight excluding hydrogens is 236 g/mol. The van der Waals surface area contributed by atoms with E-state index in [1.807, 2.05) is 0 Å². The van der Waals surface area contributed by atoms with Gasteiger partial charge in [-0.2, -0.15) is 16.7 Å². The molecular formula is C8H12N2O3S2. The van der Waals surface area contributed by atoms with Gasteiger partial charge in [0.1, 0.15) is 0 Å². The molecule has 1 aromatic heterocycles. The second kappa shape index (κ2) is 6.73. The number of thioether (sulfide) groups is 2. The summed E-state index contributed by atoms with van der Waals surface area (Å²) in [6.45, 7) is 2.06. The predicted molar refractivity (Wildman–Crippen MR) is 59.9 cm³/mol. The average molecular weight is 248 g/mol. The molecule has 0 saturated carbocycles. The zero-order valence-corrected chi connectivity index (χ0v) is 9.94. The molecule has 7 heteroatoms. The summed E-state index contributed by atoms with van der Waals surface area (Å²) in [5.74, 6) is 2.60. The number of carboxylic acids is 1. The smallest absolute Gasteiger partial charge is 0.313 e. The van der Waals surface area contributed by atoms with Gasteiger partial charge in [0.2, 0.25) is 5.89 Å². The van der Waals surface area contributed by atoms with E-state index in [1.54, 1.807) is 11.8 Å². The lowest BCUT2D eigenvalue weighted by Crippen LogP contribution is -1.98. The fraction of sp³-hybridized carbons (Fsp3) is 0.625.